The summed E-state index contributed by atoms with van der Waals surface area (Å²) in [7, 11) is 2.03. The van der Waals surface area contributed by atoms with E-state index in [0.717, 1.165) is 59.7 Å². The van der Waals surface area contributed by atoms with Crippen LogP contribution in [0.25, 0.3) is 34.0 Å². The standard InChI is InChI=1S/C24H23FN6O/c1-26-19-9-4-16(5-10-19)23-29-28-20-11-6-17(14-31(20)23)22-21(15-2-7-18(25)8-3-15)27-24-30(22)12-13-32-24/h2-3,6-8,11-14,16,19,26H,4-5,9-10H2,1H3. The predicted octanol–water partition coefficient (Wildman–Crippen LogP) is 4.69. The van der Waals surface area contributed by atoms with Crippen molar-refractivity contribution in [3.8, 4) is 22.5 Å². The van der Waals surface area contributed by atoms with E-state index < -0.39 is 0 Å². The van der Waals surface area contributed by atoms with Gasteiger partial charge in [0.2, 0.25) is 0 Å². The third kappa shape index (κ3) is 3.10. The van der Waals surface area contributed by atoms with E-state index >= 15 is 0 Å². The van der Waals surface area contributed by atoms with E-state index in [1.807, 2.05) is 29.8 Å². The number of rotatable bonds is 4. The first-order valence-electron chi connectivity index (χ1n) is 10.9. The van der Waals surface area contributed by atoms with Crippen LogP contribution in [0.3, 0.4) is 0 Å². The number of hydrogen-bond acceptors (Lipinski definition) is 5. The van der Waals surface area contributed by atoms with Crippen molar-refractivity contribution in [1.82, 2.24) is 29.3 Å². The maximum atomic E-state index is 13.5. The van der Waals surface area contributed by atoms with Crippen LogP contribution in [0.4, 0.5) is 4.39 Å². The van der Waals surface area contributed by atoms with Crippen molar-refractivity contribution < 1.29 is 8.81 Å². The van der Waals surface area contributed by atoms with Gasteiger partial charge in [0.1, 0.15) is 23.6 Å². The predicted molar refractivity (Wildman–Crippen MR) is 119 cm³/mol. The van der Waals surface area contributed by atoms with Gasteiger partial charge >= 0.3 is 5.84 Å². The minimum Gasteiger partial charge on any atom is -0.432 e. The van der Waals surface area contributed by atoms with Crippen molar-refractivity contribution in [3.63, 3.8) is 0 Å². The monoisotopic (exact) mass is 430 g/mol. The molecule has 0 radical (unpaired) electrons. The molecule has 1 fully saturated rings. The molecule has 1 aliphatic rings. The molecule has 4 aromatic heterocycles. The molecule has 0 saturated heterocycles. The van der Waals surface area contributed by atoms with Gasteiger partial charge in [-0.1, -0.05) is 0 Å². The summed E-state index contributed by atoms with van der Waals surface area (Å²) >= 11 is 0. The fourth-order valence-electron chi connectivity index (χ4n) is 4.84. The number of aromatic nitrogens is 5. The summed E-state index contributed by atoms with van der Waals surface area (Å²) in [5, 5.41) is 12.3. The number of benzene rings is 1. The zero-order valence-electron chi connectivity index (χ0n) is 17.7. The zero-order chi connectivity index (χ0) is 21.7. The molecule has 7 nitrogen and oxygen atoms in total. The van der Waals surface area contributed by atoms with E-state index in [1.165, 1.54) is 12.1 Å². The fourth-order valence-corrected chi connectivity index (χ4v) is 4.84. The highest BCUT2D eigenvalue weighted by Gasteiger charge is 2.26. The van der Waals surface area contributed by atoms with Crippen LogP contribution in [-0.4, -0.2) is 37.1 Å². The van der Waals surface area contributed by atoms with Crippen molar-refractivity contribution >= 4 is 11.5 Å². The van der Waals surface area contributed by atoms with Crippen molar-refractivity contribution in [2.75, 3.05) is 7.05 Å². The normalized spacial score (nSPS) is 19.2. The number of halogens is 1. The molecule has 5 aromatic rings. The lowest BCUT2D eigenvalue weighted by atomic mass is 9.85. The lowest BCUT2D eigenvalue weighted by Crippen LogP contribution is -2.30. The van der Waals surface area contributed by atoms with Crippen molar-refractivity contribution in [3.05, 3.63) is 66.7 Å². The SMILES string of the molecule is CNC1CCC(c2nnc3ccc(-c4c(-c5ccc(F)cc5)nc5occn45)cn23)CC1. The van der Waals surface area contributed by atoms with Gasteiger partial charge < -0.3 is 9.73 Å². The maximum absolute atomic E-state index is 13.5. The van der Waals surface area contributed by atoms with Crippen molar-refractivity contribution in [2.45, 2.75) is 37.6 Å². The Hall–Kier alpha value is -3.52. The van der Waals surface area contributed by atoms with E-state index in [0.29, 0.717) is 17.8 Å². The number of hydrogen-bond donors (Lipinski definition) is 1. The zero-order valence-corrected chi connectivity index (χ0v) is 17.7. The molecular weight excluding hydrogens is 407 g/mol. The van der Waals surface area contributed by atoms with E-state index in [4.69, 9.17) is 4.42 Å². The summed E-state index contributed by atoms with van der Waals surface area (Å²) < 4.78 is 23.1. The van der Waals surface area contributed by atoms with Gasteiger partial charge in [-0.05, 0) is 69.1 Å². The first-order valence-corrected chi connectivity index (χ1v) is 10.9. The summed E-state index contributed by atoms with van der Waals surface area (Å²) in [5.41, 5.74) is 4.26. The molecular formula is C24H23FN6O. The first kappa shape index (κ1) is 19.2. The smallest absolute Gasteiger partial charge is 0.306 e. The van der Waals surface area contributed by atoms with Gasteiger partial charge in [0, 0.05) is 35.5 Å². The molecule has 0 aliphatic heterocycles. The molecule has 4 heterocycles. The van der Waals surface area contributed by atoms with Crippen LogP contribution in [0.1, 0.15) is 37.4 Å². The van der Waals surface area contributed by atoms with Gasteiger partial charge in [-0.25, -0.2) is 4.39 Å². The average molecular weight is 430 g/mol. The highest BCUT2D eigenvalue weighted by atomic mass is 19.1. The number of nitrogens with one attached hydrogen (secondary N) is 1. The second-order valence-electron chi connectivity index (χ2n) is 8.41. The van der Waals surface area contributed by atoms with Gasteiger partial charge in [-0.2, -0.15) is 4.98 Å². The first-order chi connectivity index (χ1) is 15.7. The number of nitrogens with zero attached hydrogens (tertiary/aromatic N) is 5. The molecule has 1 N–H and O–H groups in total. The maximum Gasteiger partial charge on any atom is 0.306 e. The second-order valence-corrected chi connectivity index (χ2v) is 8.41. The number of imidazole rings is 1. The molecule has 6 rings (SSSR count). The highest BCUT2D eigenvalue weighted by Crippen LogP contribution is 2.35. The van der Waals surface area contributed by atoms with Crippen LogP contribution in [-0.2, 0) is 0 Å². The van der Waals surface area contributed by atoms with E-state index in [1.54, 1.807) is 18.4 Å². The van der Waals surface area contributed by atoms with Crippen LogP contribution < -0.4 is 5.32 Å². The van der Waals surface area contributed by atoms with Gasteiger partial charge in [0.25, 0.3) is 0 Å². The lowest BCUT2D eigenvalue weighted by molar-refractivity contribution is 0.349. The molecule has 0 amide bonds. The summed E-state index contributed by atoms with van der Waals surface area (Å²) in [6.45, 7) is 0. The highest BCUT2D eigenvalue weighted by molar-refractivity contribution is 5.81. The summed E-state index contributed by atoms with van der Waals surface area (Å²) in [5.74, 6) is 1.61. The number of pyridine rings is 1. The van der Waals surface area contributed by atoms with Crippen LogP contribution in [0, 0.1) is 5.82 Å². The number of oxazole rings is 1. The van der Waals surface area contributed by atoms with Crippen LogP contribution in [0.15, 0.2) is 59.5 Å². The molecule has 32 heavy (non-hydrogen) atoms. The third-order valence-electron chi connectivity index (χ3n) is 6.58. The van der Waals surface area contributed by atoms with Gasteiger partial charge in [-0.3, -0.25) is 8.80 Å². The molecule has 0 bridgehead atoms. The quantitative estimate of drug-likeness (QED) is 0.448. The summed E-state index contributed by atoms with van der Waals surface area (Å²) in [6.07, 6.45) is 10.0. The molecule has 1 aromatic carbocycles. The Morgan fingerprint density at radius 3 is 2.53 bits per heavy atom. The van der Waals surface area contributed by atoms with Crippen molar-refractivity contribution in [2.24, 2.45) is 0 Å². The van der Waals surface area contributed by atoms with E-state index in [9.17, 15) is 4.39 Å². The Morgan fingerprint density at radius 2 is 1.75 bits per heavy atom. The average Bonchev–Trinajstić information content (AvgIpc) is 3.53. The van der Waals surface area contributed by atoms with Gasteiger partial charge in [0.15, 0.2) is 5.65 Å². The van der Waals surface area contributed by atoms with Crippen LogP contribution >= 0.6 is 0 Å². The molecule has 1 aliphatic carbocycles. The molecule has 0 atom stereocenters. The lowest BCUT2D eigenvalue weighted by Gasteiger charge is -2.27. The minimum absolute atomic E-state index is 0.276. The third-order valence-corrected chi connectivity index (χ3v) is 6.58. The topological polar surface area (TPSA) is 72.7 Å². The molecule has 0 spiro atoms. The summed E-state index contributed by atoms with van der Waals surface area (Å²) in [6, 6.07) is 11.0. The van der Waals surface area contributed by atoms with E-state index in [2.05, 4.69) is 31.1 Å². The minimum atomic E-state index is -0.276. The molecule has 162 valence electrons. The van der Waals surface area contributed by atoms with Crippen LogP contribution in [0.5, 0.6) is 0 Å². The molecule has 8 heteroatoms. The molecule has 0 unspecified atom stereocenters. The second kappa shape index (κ2) is 7.56. The summed E-state index contributed by atoms with van der Waals surface area (Å²) in [4.78, 5) is 4.67. The Morgan fingerprint density at radius 1 is 0.969 bits per heavy atom. The Balaban J connectivity index is 1.47. The molecule has 1 saturated carbocycles. The largest absolute Gasteiger partial charge is 0.432 e. The van der Waals surface area contributed by atoms with Crippen LogP contribution in [0.2, 0.25) is 0 Å². The van der Waals surface area contributed by atoms with Gasteiger partial charge in [-0.15, -0.1) is 10.2 Å². The Bertz CT molecular complexity index is 1390. The fraction of sp³-hybridized carbons (Fsp3) is 0.292. The van der Waals surface area contributed by atoms with E-state index in [-0.39, 0.29) is 5.82 Å². The van der Waals surface area contributed by atoms with Crippen molar-refractivity contribution in [1.29, 1.82) is 0 Å². The Labute approximate surface area is 183 Å². The number of fused-ring (bicyclic) bond motifs is 2. The van der Waals surface area contributed by atoms with Gasteiger partial charge in [0.05, 0.1) is 5.69 Å². The Kier molecular flexibility index (Phi) is 4.53.